The Morgan fingerprint density at radius 2 is 1.28 bits per heavy atom. The van der Waals surface area contributed by atoms with Gasteiger partial charge in [0.1, 0.15) is 0 Å². The van der Waals surface area contributed by atoms with Gasteiger partial charge in [-0.05, 0) is 23.2 Å². The molecule has 0 aromatic rings. The van der Waals surface area contributed by atoms with Crippen LogP contribution in [0.5, 0.6) is 0 Å². The van der Waals surface area contributed by atoms with Gasteiger partial charge in [-0.25, -0.2) is 0 Å². The molecular weight excluding hydrogens is 767 g/mol. The summed E-state index contributed by atoms with van der Waals surface area (Å²) in [7, 11) is 0. The van der Waals surface area contributed by atoms with Gasteiger partial charge in [0.15, 0.2) is 0 Å². The average Bonchev–Trinajstić information content (AvgIpc) is 2.62. The predicted molar refractivity (Wildman–Crippen MR) is 137 cm³/mol. The molecule has 0 spiro atoms. The molecule has 3 heteroatoms. The summed E-state index contributed by atoms with van der Waals surface area (Å²) in [5.74, 6) is 8.76. The zero-order valence-electron chi connectivity index (χ0n) is 24.9. The Labute approximate surface area is 247 Å². The molecule has 6 atom stereocenters. The van der Waals surface area contributed by atoms with E-state index in [4.69, 9.17) is 0 Å². The van der Waals surface area contributed by atoms with Crippen molar-refractivity contribution >= 4 is 0 Å². The Bertz CT molecular complexity index is 407. The molecule has 0 bridgehead atoms. The van der Waals surface area contributed by atoms with Gasteiger partial charge >= 0.3 is 0 Å². The van der Waals surface area contributed by atoms with Gasteiger partial charge in [-0.15, -0.1) is 6.92 Å². The Hall–Kier alpha value is 1.96. The van der Waals surface area contributed by atoms with Crippen LogP contribution in [0.25, 0.3) is 0 Å². The number of hydrogen-bond acceptors (Lipinski definition) is 0. The van der Waals surface area contributed by atoms with Crippen molar-refractivity contribution in [2.75, 3.05) is 0 Å². The first kappa shape index (κ1) is 44.0. The average molecular weight is 826 g/mol. The minimum absolute atomic E-state index is 0. The van der Waals surface area contributed by atoms with Crippen molar-refractivity contribution in [3.63, 3.8) is 0 Å². The van der Waals surface area contributed by atoms with Crippen LogP contribution in [-0.4, -0.2) is 0 Å². The largest absolute Gasteiger partial charge is 0.358 e. The predicted octanol–water partition coefficient (Wildman–Crippen LogP) is 9.94. The summed E-state index contributed by atoms with van der Waals surface area (Å²) in [6, 6.07) is 0. The molecule has 1 fully saturated rings. The third kappa shape index (κ3) is 14.5. The zero-order chi connectivity index (χ0) is 23.9. The van der Waals surface area contributed by atoms with Crippen molar-refractivity contribution in [1.82, 2.24) is 0 Å². The van der Waals surface area contributed by atoms with Crippen molar-refractivity contribution in [2.45, 2.75) is 118 Å². The van der Waals surface area contributed by atoms with Crippen LogP contribution in [0.15, 0.2) is 0 Å². The molecule has 32 heavy (non-hydrogen) atoms. The van der Waals surface area contributed by atoms with Crippen LogP contribution in [0.3, 0.4) is 0 Å². The fourth-order valence-electron chi connectivity index (χ4n) is 4.23. The van der Waals surface area contributed by atoms with E-state index in [1.807, 2.05) is 0 Å². The van der Waals surface area contributed by atoms with Crippen LogP contribution in [-0.2, 0) is 60.7 Å². The van der Waals surface area contributed by atoms with Crippen LogP contribution in [0, 0.1) is 70.5 Å². The molecular formula is C29H59VW2-3. The third-order valence-electron chi connectivity index (χ3n) is 9.04. The normalized spacial score (nSPS) is 26.7. The molecule has 0 aromatic carbocycles. The standard InChI is InChI=1S/C13H25.C9H20.C7H14.V.2W/c1-8-9(2)11(4)13(6,7)12(5)10(8)3;1-7(2)8(3)9(4,5)6;1-5-7(4)6(2)3;;;/h8-9,11-12H,1-7H3;7-8H,1-6H3;5,7H,1-4H3;;;/q-1;;-2;;;. The third-order valence-corrected chi connectivity index (χ3v) is 9.04. The van der Waals surface area contributed by atoms with Gasteiger partial charge in [0.05, 0.1) is 0 Å². The molecule has 6 unspecified atom stereocenters. The molecule has 195 valence electrons. The van der Waals surface area contributed by atoms with Crippen molar-refractivity contribution in [3.8, 4) is 0 Å². The van der Waals surface area contributed by atoms with E-state index >= 15 is 0 Å². The first-order valence-electron chi connectivity index (χ1n) is 12.3. The minimum Gasteiger partial charge on any atom is -0.358 e. The van der Waals surface area contributed by atoms with Gasteiger partial charge in [0.25, 0.3) is 0 Å². The molecule has 1 radical (unpaired) electrons. The molecule has 0 saturated heterocycles. The second kappa shape index (κ2) is 19.1. The van der Waals surface area contributed by atoms with Crippen molar-refractivity contribution in [3.05, 3.63) is 18.3 Å². The molecule has 0 nitrogen and oxygen atoms in total. The quantitative estimate of drug-likeness (QED) is 0.249. The first-order chi connectivity index (χ1) is 12.8. The van der Waals surface area contributed by atoms with Crippen LogP contribution >= 0.6 is 0 Å². The van der Waals surface area contributed by atoms with E-state index in [9.17, 15) is 0 Å². The molecule has 0 amide bonds. The molecule has 1 saturated carbocycles. The summed E-state index contributed by atoms with van der Waals surface area (Å²) < 4.78 is 0. The van der Waals surface area contributed by atoms with Crippen LogP contribution < -0.4 is 0 Å². The summed E-state index contributed by atoms with van der Waals surface area (Å²) in [4.78, 5) is 0. The fraction of sp³-hybridized carbons (Fsp3) is 0.897. The molecule has 0 aliphatic heterocycles. The van der Waals surface area contributed by atoms with Crippen molar-refractivity contribution in [1.29, 1.82) is 0 Å². The number of rotatable bonds is 3. The summed E-state index contributed by atoms with van der Waals surface area (Å²) in [5.41, 5.74) is 0.962. The Balaban J connectivity index is -0.000000114. The van der Waals surface area contributed by atoms with Crippen LogP contribution in [0.1, 0.15) is 118 Å². The summed E-state index contributed by atoms with van der Waals surface area (Å²) in [6.45, 7) is 39.2. The van der Waals surface area contributed by atoms with Gasteiger partial charge in [0, 0.05) is 60.7 Å². The van der Waals surface area contributed by atoms with E-state index in [2.05, 4.69) is 124 Å². The smallest absolute Gasteiger partial charge is 0 e. The molecule has 0 N–H and O–H groups in total. The SMILES string of the molecule is CC(C)C(C)C(C)(C)C.C[C-]1C(C)C(C)C(C)C(C)(C)C1C.C[CH-]C(C)[C-](C)C.[V].[W].[W]. The Morgan fingerprint density at radius 3 is 1.47 bits per heavy atom. The van der Waals surface area contributed by atoms with E-state index < -0.39 is 0 Å². The molecule has 0 heterocycles. The topological polar surface area (TPSA) is 0 Å². The second-order valence-corrected chi connectivity index (χ2v) is 12.3. The van der Waals surface area contributed by atoms with Gasteiger partial charge in [-0.3, -0.25) is 0 Å². The maximum atomic E-state index is 2.42. The maximum absolute atomic E-state index is 2.42. The second-order valence-electron chi connectivity index (χ2n) is 12.3. The van der Waals surface area contributed by atoms with Gasteiger partial charge in [-0.2, -0.15) is 39.5 Å². The molecule has 1 rings (SSSR count). The monoisotopic (exact) mass is 826 g/mol. The van der Waals surface area contributed by atoms with Crippen molar-refractivity contribution < 1.29 is 60.7 Å². The fourth-order valence-corrected chi connectivity index (χ4v) is 4.23. The van der Waals surface area contributed by atoms with Crippen LogP contribution in [0.2, 0.25) is 0 Å². The Kier molecular flexibility index (Phi) is 26.3. The summed E-state index contributed by atoms with van der Waals surface area (Å²) >= 11 is 0. The number of hydrogen-bond donors (Lipinski definition) is 0. The first-order valence-corrected chi connectivity index (χ1v) is 12.3. The van der Waals surface area contributed by atoms with E-state index in [-0.39, 0.29) is 60.7 Å². The van der Waals surface area contributed by atoms with Crippen molar-refractivity contribution in [2.24, 2.45) is 52.3 Å². The summed E-state index contributed by atoms with van der Waals surface area (Å²) in [5, 5.41) is 0. The molecule has 1 aliphatic carbocycles. The van der Waals surface area contributed by atoms with Gasteiger partial charge in [0.2, 0.25) is 0 Å². The van der Waals surface area contributed by atoms with E-state index in [0.717, 1.165) is 35.5 Å². The van der Waals surface area contributed by atoms with Crippen LogP contribution in [0.4, 0.5) is 0 Å². The zero-order valence-corrected chi connectivity index (χ0v) is 32.1. The Morgan fingerprint density at radius 1 is 0.906 bits per heavy atom. The van der Waals surface area contributed by atoms with E-state index in [1.54, 1.807) is 5.92 Å². The summed E-state index contributed by atoms with van der Waals surface area (Å²) in [6.07, 6.45) is 2.20. The van der Waals surface area contributed by atoms with Gasteiger partial charge in [-0.1, -0.05) is 94.4 Å². The molecule has 0 aromatic heterocycles. The minimum atomic E-state index is 0. The van der Waals surface area contributed by atoms with Gasteiger partial charge < -0.3 is 24.2 Å². The molecule has 1 aliphatic rings. The van der Waals surface area contributed by atoms with E-state index in [0.29, 0.717) is 16.7 Å². The van der Waals surface area contributed by atoms with E-state index in [1.165, 1.54) is 5.92 Å². The maximum Gasteiger partial charge on any atom is 0 e.